The van der Waals surface area contributed by atoms with E-state index < -0.39 is 0 Å². The molecule has 23 heavy (non-hydrogen) atoms. The Morgan fingerprint density at radius 3 is 2.57 bits per heavy atom. The summed E-state index contributed by atoms with van der Waals surface area (Å²) in [5, 5.41) is 5.45. The van der Waals surface area contributed by atoms with E-state index in [0.717, 1.165) is 10.4 Å². The molecule has 1 N–H and O–H groups in total. The monoisotopic (exact) mass is 362 g/mol. The molecule has 3 rings (SSSR count). The molecule has 3 aromatic rings. The van der Waals surface area contributed by atoms with E-state index in [1.807, 2.05) is 47.8 Å². The third kappa shape index (κ3) is 3.72. The Hall–Kier alpha value is -1.88. The Morgan fingerprint density at radius 2 is 1.91 bits per heavy atom. The Balaban J connectivity index is 1.89. The highest BCUT2D eigenvalue weighted by Gasteiger charge is 2.19. The first-order chi connectivity index (χ1) is 11.1. The van der Waals surface area contributed by atoms with Crippen LogP contribution in [-0.4, -0.2) is 10.9 Å². The van der Waals surface area contributed by atoms with Crippen molar-refractivity contribution in [2.75, 3.05) is 0 Å². The fourth-order valence-electron chi connectivity index (χ4n) is 2.18. The van der Waals surface area contributed by atoms with Crippen molar-refractivity contribution in [2.24, 2.45) is 0 Å². The summed E-state index contributed by atoms with van der Waals surface area (Å²) in [5.41, 5.74) is 1.38. The van der Waals surface area contributed by atoms with Gasteiger partial charge in [0.15, 0.2) is 0 Å². The van der Waals surface area contributed by atoms with Crippen LogP contribution in [0.25, 0.3) is 0 Å². The maximum absolute atomic E-state index is 12.5. The van der Waals surface area contributed by atoms with Crippen molar-refractivity contribution in [3.05, 3.63) is 86.3 Å². The predicted octanol–water partition coefficient (Wildman–Crippen LogP) is 4.97. The van der Waals surface area contributed by atoms with E-state index in [2.05, 4.69) is 10.3 Å². The van der Waals surface area contributed by atoms with Gasteiger partial charge < -0.3 is 5.32 Å². The van der Waals surface area contributed by atoms with Gasteiger partial charge in [-0.1, -0.05) is 59.6 Å². The lowest BCUT2D eigenvalue weighted by Crippen LogP contribution is -2.28. The minimum atomic E-state index is -0.252. The highest BCUT2D eigenvalue weighted by Crippen LogP contribution is 2.27. The van der Waals surface area contributed by atoms with Gasteiger partial charge in [0.05, 0.1) is 16.6 Å². The van der Waals surface area contributed by atoms with Crippen LogP contribution >= 0.6 is 34.5 Å². The van der Waals surface area contributed by atoms with Crippen LogP contribution in [-0.2, 0) is 0 Å². The number of nitrogens with one attached hydrogen (secondary N) is 1. The highest BCUT2D eigenvalue weighted by atomic mass is 35.5. The molecular weight excluding hydrogens is 351 g/mol. The quantitative estimate of drug-likeness (QED) is 0.665. The summed E-state index contributed by atoms with van der Waals surface area (Å²) in [6.07, 6.45) is 1.42. The second-order valence-corrected chi connectivity index (χ2v) is 6.57. The van der Waals surface area contributed by atoms with E-state index >= 15 is 0 Å². The lowest BCUT2D eigenvalue weighted by Gasteiger charge is -2.18. The number of halogens is 2. The van der Waals surface area contributed by atoms with Crippen molar-refractivity contribution in [3.8, 4) is 0 Å². The molecule has 0 aliphatic carbocycles. The van der Waals surface area contributed by atoms with E-state index in [1.165, 1.54) is 12.3 Å². The second kappa shape index (κ2) is 7.13. The van der Waals surface area contributed by atoms with Gasteiger partial charge in [-0.2, -0.15) is 0 Å². The van der Waals surface area contributed by atoms with Gasteiger partial charge in [-0.15, -0.1) is 11.3 Å². The maximum Gasteiger partial charge on any atom is 0.253 e. The number of nitrogens with zero attached hydrogens (tertiary/aromatic N) is 1. The van der Waals surface area contributed by atoms with Crippen LogP contribution in [0.2, 0.25) is 10.2 Å². The first-order valence-electron chi connectivity index (χ1n) is 6.85. The molecule has 1 atom stereocenters. The first kappa shape index (κ1) is 16.0. The van der Waals surface area contributed by atoms with Crippen molar-refractivity contribution in [3.63, 3.8) is 0 Å². The molecule has 0 aliphatic rings. The highest BCUT2D eigenvalue weighted by molar-refractivity contribution is 7.10. The maximum atomic E-state index is 12.5. The summed E-state index contributed by atoms with van der Waals surface area (Å²) in [6.45, 7) is 0. The fourth-order valence-corrected chi connectivity index (χ4v) is 3.25. The van der Waals surface area contributed by atoms with Crippen LogP contribution in [0.15, 0.2) is 60.1 Å². The zero-order chi connectivity index (χ0) is 16.2. The zero-order valence-corrected chi connectivity index (χ0v) is 14.2. The molecule has 1 amide bonds. The number of hydrogen-bond donors (Lipinski definition) is 1. The second-order valence-electron chi connectivity index (χ2n) is 4.83. The zero-order valence-electron chi connectivity index (χ0n) is 11.9. The summed E-state index contributed by atoms with van der Waals surface area (Å²) < 4.78 is 0. The van der Waals surface area contributed by atoms with Crippen molar-refractivity contribution < 1.29 is 4.79 Å². The summed E-state index contributed by atoms with van der Waals surface area (Å²) in [5.74, 6) is -0.252. The van der Waals surface area contributed by atoms with Gasteiger partial charge in [0.1, 0.15) is 5.15 Å². The third-order valence-electron chi connectivity index (χ3n) is 3.29. The summed E-state index contributed by atoms with van der Waals surface area (Å²) >= 11 is 13.3. The van der Waals surface area contributed by atoms with E-state index in [-0.39, 0.29) is 22.1 Å². The van der Waals surface area contributed by atoms with E-state index in [4.69, 9.17) is 23.2 Å². The molecular formula is C17H12Cl2N2OS. The molecule has 3 nitrogen and oxygen atoms in total. The number of amides is 1. The molecule has 2 heterocycles. The molecule has 0 spiro atoms. The van der Waals surface area contributed by atoms with E-state index in [0.29, 0.717) is 5.56 Å². The molecule has 0 bridgehead atoms. The molecule has 6 heteroatoms. The van der Waals surface area contributed by atoms with Crippen molar-refractivity contribution >= 4 is 40.4 Å². The third-order valence-corrected chi connectivity index (χ3v) is 4.92. The number of carbonyl (C=O) groups is 1. The lowest BCUT2D eigenvalue weighted by atomic mass is 10.0. The first-order valence-corrected chi connectivity index (χ1v) is 8.49. The van der Waals surface area contributed by atoms with Crippen LogP contribution in [0, 0.1) is 0 Å². The van der Waals surface area contributed by atoms with Gasteiger partial charge >= 0.3 is 0 Å². The molecule has 0 fully saturated rings. The van der Waals surface area contributed by atoms with Crippen LogP contribution < -0.4 is 5.32 Å². The van der Waals surface area contributed by atoms with Gasteiger partial charge in [0.2, 0.25) is 0 Å². The molecule has 0 unspecified atom stereocenters. The standard InChI is InChI=1S/C17H12Cl2N2OS/c18-13-9-12(10-20-16(13)19)17(22)21-15(14-7-4-8-23-14)11-5-2-1-3-6-11/h1-10,15H,(H,21,22)/t15-/m1/s1. The average Bonchev–Trinajstić information content (AvgIpc) is 3.10. The smallest absolute Gasteiger partial charge is 0.253 e. The number of thiophene rings is 1. The summed E-state index contributed by atoms with van der Waals surface area (Å²) in [6, 6.07) is 15.1. The van der Waals surface area contributed by atoms with Crippen molar-refractivity contribution in [2.45, 2.75) is 6.04 Å². The van der Waals surface area contributed by atoms with Gasteiger partial charge in [-0.3, -0.25) is 4.79 Å². The van der Waals surface area contributed by atoms with Crippen molar-refractivity contribution in [1.29, 1.82) is 0 Å². The number of carbonyl (C=O) groups excluding carboxylic acids is 1. The number of hydrogen-bond acceptors (Lipinski definition) is 3. The molecule has 0 radical (unpaired) electrons. The number of benzene rings is 1. The Kier molecular flexibility index (Phi) is 4.96. The van der Waals surface area contributed by atoms with Crippen LogP contribution in [0.3, 0.4) is 0 Å². The Morgan fingerprint density at radius 1 is 1.13 bits per heavy atom. The van der Waals surface area contributed by atoms with Gasteiger partial charge in [0.25, 0.3) is 5.91 Å². The number of aromatic nitrogens is 1. The molecule has 116 valence electrons. The fraction of sp³-hybridized carbons (Fsp3) is 0.0588. The normalized spacial score (nSPS) is 11.9. The van der Waals surface area contributed by atoms with Gasteiger partial charge in [0, 0.05) is 11.1 Å². The van der Waals surface area contributed by atoms with Crippen LogP contribution in [0.5, 0.6) is 0 Å². The largest absolute Gasteiger partial charge is 0.340 e. The minimum Gasteiger partial charge on any atom is -0.340 e. The predicted molar refractivity (Wildman–Crippen MR) is 94.3 cm³/mol. The van der Waals surface area contributed by atoms with Gasteiger partial charge in [-0.05, 0) is 23.1 Å². The Bertz CT molecular complexity index is 807. The molecule has 2 aromatic heterocycles. The molecule has 0 aliphatic heterocycles. The molecule has 1 aromatic carbocycles. The average molecular weight is 363 g/mol. The summed E-state index contributed by atoms with van der Waals surface area (Å²) in [4.78, 5) is 17.5. The van der Waals surface area contributed by atoms with Crippen LogP contribution in [0.4, 0.5) is 0 Å². The van der Waals surface area contributed by atoms with Gasteiger partial charge in [-0.25, -0.2) is 4.98 Å². The lowest BCUT2D eigenvalue weighted by molar-refractivity contribution is 0.0943. The topological polar surface area (TPSA) is 42.0 Å². The SMILES string of the molecule is O=C(N[C@H](c1ccccc1)c1cccs1)c1cnc(Cl)c(Cl)c1. The molecule has 0 saturated heterocycles. The Labute approximate surface area is 147 Å². The van der Waals surface area contributed by atoms with Crippen molar-refractivity contribution in [1.82, 2.24) is 10.3 Å². The number of rotatable bonds is 4. The molecule has 0 saturated carbocycles. The summed E-state index contributed by atoms with van der Waals surface area (Å²) in [7, 11) is 0. The van der Waals surface area contributed by atoms with E-state index in [1.54, 1.807) is 11.3 Å². The minimum absolute atomic E-state index is 0.182. The number of pyridine rings is 1. The van der Waals surface area contributed by atoms with E-state index in [9.17, 15) is 4.79 Å². The van der Waals surface area contributed by atoms with Crippen LogP contribution in [0.1, 0.15) is 26.8 Å².